The molecule has 1 aliphatic carbocycles. The molecule has 1 amide bonds. The Bertz CT molecular complexity index is 1050. The van der Waals surface area contributed by atoms with Crippen LogP contribution >= 0.6 is 15.9 Å². The first-order valence-electron chi connectivity index (χ1n) is 13.9. The predicted molar refractivity (Wildman–Crippen MR) is 142 cm³/mol. The number of piperidine rings is 1. The Morgan fingerprint density at radius 2 is 1.77 bits per heavy atom. The summed E-state index contributed by atoms with van der Waals surface area (Å²) in [6, 6.07) is 18.2. The van der Waals surface area contributed by atoms with E-state index in [1.165, 1.54) is 48.8 Å². The van der Waals surface area contributed by atoms with Gasteiger partial charge in [-0.1, -0.05) is 71.6 Å². The number of carbonyl (C=O) groups is 1. The third-order valence-electron chi connectivity index (χ3n) is 9.75. The molecule has 0 bridgehead atoms. The van der Waals surface area contributed by atoms with Crippen molar-refractivity contribution in [2.75, 3.05) is 26.2 Å². The van der Waals surface area contributed by atoms with Crippen molar-refractivity contribution in [1.82, 2.24) is 4.90 Å². The summed E-state index contributed by atoms with van der Waals surface area (Å²) in [5, 5.41) is 4.86. The first-order valence-corrected chi connectivity index (χ1v) is 14.7. The number of hydrogen-bond donors (Lipinski definition) is 2. The molecular weight excluding hydrogens is 498 g/mol. The van der Waals surface area contributed by atoms with E-state index in [0.717, 1.165) is 50.0 Å². The molecule has 3 fully saturated rings. The minimum Gasteiger partial charge on any atom is -0.345 e. The minimum absolute atomic E-state index is 0.0429. The number of fused-ring (bicyclic) bond motifs is 2. The monoisotopic (exact) mass is 537 g/mol. The molecule has 5 heteroatoms. The molecule has 4 aliphatic rings. The maximum absolute atomic E-state index is 14.5. The highest BCUT2D eigenvalue weighted by atomic mass is 79.9. The van der Waals surface area contributed by atoms with Gasteiger partial charge in [0.05, 0.1) is 19.6 Å². The predicted octanol–water partition coefficient (Wildman–Crippen LogP) is 3.31. The first kappa shape index (κ1) is 23.7. The van der Waals surface area contributed by atoms with Crippen molar-refractivity contribution < 1.29 is 15.4 Å². The highest BCUT2D eigenvalue weighted by Gasteiger charge is 2.57. The van der Waals surface area contributed by atoms with Crippen LogP contribution in [-0.2, 0) is 16.8 Å². The lowest BCUT2D eigenvalue weighted by molar-refractivity contribution is -0.691. The number of carbonyl (C=O) groups excluding carboxylic acids is 1. The lowest BCUT2D eigenvalue weighted by atomic mass is 9.68. The molecule has 4 atom stereocenters. The van der Waals surface area contributed by atoms with Gasteiger partial charge in [-0.05, 0) is 60.8 Å². The number of benzene rings is 2. The normalized spacial score (nSPS) is 31.5. The molecule has 35 heavy (non-hydrogen) atoms. The molecular formula is C30H40BrN3O+2. The van der Waals surface area contributed by atoms with Gasteiger partial charge < -0.3 is 15.5 Å². The van der Waals surface area contributed by atoms with Gasteiger partial charge in [-0.25, -0.2) is 0 Å². The minimum atomic E-state index is -0.0429. The molecule has 2 aromatic rings. The summed E-state index contributed by atoms with van der Waals surface area (Å²) in [6.07, 6.45) is 8.85. The molecule has 1 saturated carbocycles. The van der Waals surface area contributed by atoms with Gasteiger partial charge in [-0.3, -0.25) is 4.79 Å². The lowest BCUT2D eigenvalue weighted by Gasteiger charge is -2.47. The first-order chi connectivity index (χ1) is 17.2. The number of nitrogens with two attached hydrogens (primary N) is 2. The highest BCUT2D eigenvalue weighted by molar-refractivity contribution is 9.10. The maximum Gasteiger partial charge on any atom is 0.233 e. The average Bonchev–Trinajstić information content (AvgIpc) is 3.32. The lowest BCUT2D eigenvalue weighted by Crippen LogP contribution is -2.91. The SMILES string of the molecule is O=C(C1C[NH2+]C[C@]12C[NH2+]Cc1cc(Br)ccc12)N1CC[C@@H](c2ccccc2)C[C@H]1C1CCCCC1. The van der Waals surface area contributed by atoms with Gasteiger partial charge in [0.15, 0.2) is 0 Å². The molecule has 1 spiro atoms. The molecule has 186 valence electrons. The Balaban J connectivity index is 1.30. The van der Waals surface area contributed by atoms with Crippen molar-refractivity contribution in [1.29, 1.82) is 0 Å². The molecule has 3 heterocycles. The van der Waals surface area contributed by atoms with Crippen LogP contribution in [-0.4, -0.2) is 43.0 Å². The third-order valence-corrected chi connectivity index (χ3v) is 10.2. The van der Waals surface area contributed by atoms with Crippen molar-refractivity contribution in [2.45, 2.75) is 68.9 Å². The molecule has 4 nitrogen and oxygen atoms in total. The summed E-state index contributed by atoms with van der Waals surface area (Å²) < 4.78 is 1.15. The van der Waals surface area contributed by atoms with E-state index in [2.05, 4.69) is 80.0 Å². The molecule has 3 aliphatic heterocycles. The Labute approximate surface area is 218 Å². The van der Waals surface area contributed by atoms with Crippen molar-refractivity contribution in [2.24, 2.45) is 11.8 Å². The van der Waals surface area contributed by atoms with Gasteiger partial charge in [-0.15, -0.1) is 0 Å². The van der Waals surface area contributed by atoms with E-state index in [0.29, 0.717) is 23.8 Å². The number of quaternary nitrogens is 2. The number of halogens is 1. The molecule has 0 aromatic heterocycles. The van der Waals surface area contributed by atoms with Crippen LogP contribution < -0.4 is 10.6 Å². The van der Waals surface area contributed by atoms with E-state index in [1.54, 1.807) is 0 Å². The van der Waals surface area contributed by atoms with E-state index in [1.807, 2.05) is 0 Å². The number of hydrogen-bond acceptors (Lipinski definition) is 1. The zero-order chi connectivity index (χ0) is 23.8. The van der Waals surface area contributed by atoms with Gasteiger partial charge in [0.25, 0.3) is 0 Å². The molecule has 1 unspecified atom stereocenters. The second-order valence-corrected chi connectivity index (χ2v) is 12.5. The number of nitrogens with zero attached hydrogens (tertiary/aromatic N) is 1. The largest absolute Gasteiger partial charge is 0.345 e. The maximum atomic E-state index is 14.5. The molecule has 0 radical (unpaired) electrons. The van der Waals surface area contributed by atoms with Crippen LogP contribution in [0.5, 0.6) is 0 Å². The van der Waals surface area contributed by atoms with Crippen molar-refractivity contribution in [3.63, 3.8) is 0 Å². The van der Waals surface area contributed by atoms with Crippen LogP contribution in [0, 0.1) is 11.8 Å². The topological polar surface area (TPSA) is 53.5 Å². The van der Waals surface area contributed by atoms with E-state index < -0.39 is 0 Å². The van der Waals surface area contributed by atoms with E-state index in [9.17, 15) is 4.79 Å². The quantitative estimate of drug-likeness (QED) is 0.619. The van der Waals surface area contributed by atoms with Crippen molar-refractivity contribution in [3.05, 3.63) is 69.7 Å². The molecule has 4 N–H and O–H groups in total. The average molecular weight is 539 g/mol. The number of rotatable bonds is 3. The Hall–Kier alpha value is -1.69. The second kappa shape index (κ2) is 9.99. The fraction of sp³-hybridized carbons (Fsp3) is 0.567. The van der Waals surface area contributed by atoms with Gasteiger partial charge in [-0.2, -0.15) is 0 Å². The van der Waals surface area contributed by atoms with Crippen molar-refractivity contribution in [3.8, 4) is 0 Å². The standard InChI is InChI=1S/C30H38BrN3O/c31-25-11-12-26-24(15-25)17-32-19-30(26)20-33-18-27(30)29(35)34-14-13-23(21-7-3-1-4-8-21)16-28(34)22-9-5-2-6-10-22/h1,3-4,7-8,11-12,15,22-23,27-28,32-33H,2,5-6,9-10,13-14,16-20H2/p+2/t23-,27?,28+,30+/m1/s1. The van der Waals surface area contributed by atoms with Gasteiger partial charge in [0.1, 0.15) is 17.9 Å². The highest BCUT2D eigenvalue weighted by Crippen LogP contribution is 2.43. The fourth-order valence-corrected chi connectivity index (χ4v) is 8.42. The van der Waals surface area contributed by atoms with Crippen molar-refractivity contribution >= 4 is 21.8 Å². The smallest absolute Gasteiger partial charge is 0.233 e. The zero-order valence-corrected chi connectivity index (χ0v) is 22.4. The molecule has 2 aromatic carbocycles. The van der Waals surface area contributed by atoms with Crippen LogP contribution in [0.4, 0.5) is 0 Å². The third kappa shape index (κ3) is 4.38. The summed E-state index contributed by atoms with van der Waals surface area (Å²) in [6.45, 7) is 4.93. The van der Waals surface area contributed by atoms with Crippen LogP contribution in [0.1, 0.15) is 67.6 Å². The fourth-order valence-electron chi connectivity index (χ4n) is 8.01. The Morgan fingerprint density at radius 1 is 0.971 bits per heavy atom. The zero-order valence-electron chi connectivity index (χ0n) is 20.8. The Kier molecular flexibility index (Phi) is 6.76. The summed E-state index contributed by atoms with van der Waals surface area (Å²) in [7, 11) is 0. The summed E-state index contributed by atoms with van der Waals surface area (Å²) in [4.78, 5) is 16.9. The van der Waals surface area contributed by atoms with Crippen LogP contribution in [0.15, 0.2) is 53.0 Å². The second-order valence-electron chi connectivity index (χ2n) is 11.6. The Morgan fingerprint density at radius 3 is 2.60 bits per heavy atom. The summed E-state index contributed by atoms with van der Waals surface area (Å²) >= 11 is 3.67. The number of likely N-dealkylation sites (tertiary alicyclic amines) is 1. The van der Waals surface area contributed by atoms with Crippen LogP contribution in [0.25, 0.3) is 0 Å². The van der Waals surface area contributed by atoms with E-state index in [4.69, 9.17) is 0 Å². The van der Waals surface area contributed by atoms with Crippen LogP contribution in [0.3, 0.4) is 0 Å². The van der Waals surface area contributed by atoms with Gasteiger partial charge >= 0.3 is 0 Å². The molecule has 6 rings (SSSR count). The van der Waals surface area contributed by atoms with Gasteiger partial charge in [0.2, 0.25) is 5.91 Å². The summed E-state index contributed by atoms with van der Waals surface area (Å²) in [5.74, 6) is 1.78. The van der Waals surface area contributed by atoms with E-state index >= 15 is 0 Å². The molecule has 2 saturated heterocycles. The van der Waals surface area contributed by atoms with Gasteiger partial charge in [0, 0.05) is 22.6 Å². The van der Waals surface area contributed by atoms with E-state index in [-0.39, 0.29) is 11.3 Å². The number of amides is 1. The van der Waals surface area contributed by atoms with Crippen LogP contribution in [0.2, 0.25) is 0 Å². The summed E-state index contributed by atoms with van der Waals surface area (Å²) in [5.41, 5.74) is 4.26.